The summed E-state index contributed by atoms with van der Waals surface area (Å²) in [6, 6.07) is 1.58. The van der Waals surface area contributed by atoms with Crippen molar-refractivity contribution in [2.75, 3.05) is 29.5 Å². The number of piperidine rings is 1. The first-order valence-electron chi connectivity index (χ1n) is 5.74. The fourth-order valence-corrected chi connectivity index (χ4v) is 1.80. The molecule has 9 nitrogen and oxygen atoms in total. The van der Waals surface area contributed by atoms with Crippen molar-refractivity contribution in [2.45, 2.75) is 19.3 Å². The molecule has 1 fully saturated rings. The molecule has 0 saturated carbocycles. The number of hydrogen-bond donors (Lipinski definition) is 4. The number of hydrogen-bond acceptors (Lipinski definition) is 6. The van der Waals surface area contributed by atoms with Crippen LogP contribution in [0, 0.1) is 5.21 Å². The molecule has 0 bridgehead atoms. The van der Waals surface area contributed by atoms with E-state index in [1.165, 1.54) is 6.42 Å². The van der Waals surface area contributed by atoms with Crippen molar-refractivity contribution in [2.24, 2.45) is 0 Å². The van der Waals surface area contributed by atoms with Gasteiger partial charge in [-0.05, 0) is 19.3 Å². The Labute approximate surface area is 109 Å². The molecule has 0 atom stereocenters. The maximum atomic E-state index is 11.2. The molecule has 19 heavy (non-hydrogen) atoms. The number of anilines is 3. The lowest BCUT2D eigenvalue weighted by Gasteiger charge is -2.26. The summed E-state index contributed by atoms with van der Waals surface area (Å²) >= 11 is 0. The van der Waals surface area contributed by atoms with E-state index in [0.717, 1.165) is 25.9 Å². The van der Waals surface area contributed by atoms with Crippen LogP contribution in [0.25, 0.3) is 0 Å². The lowest BCUT2D eigenvalue weighted by Crippen LogP contribution is -2.38. The van der Waals surface area contributed by atoms with E-state index in [0.29, 0.717) is 10.5 Å². The van der Waals surface area contributed by atoms with E-state index >= 15 is 0 Å². The predicted octanol–water partition coefficient (Wildman–Crippen LogP) is 0.0921. The Morgan fingerprint density at radius 2 is 1.84 bits per heavy atom. The average Bonchev–Trinajstić information content (AvgIpc) is 2.36. The maximum absolute atomic E-state index is 11.2. The summed E-state index contributed by atoms with van der Waals surface area (Å²) in [7, 11) is 0. The van der Waals surface area contributed by atoms with E-state index in [-0.39, 0.29) is 11.8 Å². The van der Waals surface area contributed by atoms with Gasteiger partial charge in [0.05, 0.1) is 6.07 Å². The number of nitrogens with two attached hydrogens (primary N) is 2. The first-order valence-corrected chi connectivity index (χ1v) is 5.74. The summed E-state index contributed by atoms with van der Waals surface area (Å²) in [4.78, 5) is 14.7. The Morgan fingerprint density at radius 3 is 2.32 bits per heavy atom. The quantitative estimate of drug-likeness (QED) is 0.414. The van der Waals surface area contributed by atoms with Crippen LogP contribution in [-0.4, -0.2) is 34.4 Å². The Hall–Kier alpha value is -2.45. The molecule has 0 unspecified atom stereocenters. The van der Waals surface area contributed by atoms with Gasteiger partial charge in [0.25, 0.3) is 0 Å². The average molecular weight is 271 g/mol. The van der Waals surface area contributed by atoms with E-state index in [2.05, 4.69) is 9.88 Å². The van der Waals surface area contributed by atoms with Crippen LogP contribution < -0.4 is 21.1 Å². The van der Waals surface area contributed by atoms with E-state index in [1.807, 2.05) is 0 Å². The third-order valence-corrected chi connectivity index (χ3v) is 2.63. The van der Waals surface area contributed by atoms with Gasteiger partial charge in [-0.3, -0.25) is 0 Å². The lowest BCUT2D eigenvalue weighted by atomic mass is 10.1. The van der Waals surface area contributed by atoms with Gasteiger partial charge in [0.1, 0.15) is 0 Å². The fourth-order valence-electron chi connectivity index (χ4n) is 1.80. The van der Waals surface area contributed by atoms with Crippen molar-refractivity contribution in [3.8, 4) is 0 Å². The monoisotopic (exact) mass is 271 g/mol. The molecular weight excluding hydrogens is 254 g/mol. The number of rotatable bonds is 1. The van der Waals surface area contributed by atoms with Gasteiger partial charge in [-0.2, -0.15) is 0 Å². The highest BCUT2D eigenvalue weighted by atomic mass is 16.6. The summed E-state index contributed by atoms with van der Waals surface area (Å²) in [5.74, 6) is 0.718. The Balaban J connectivity index is 0.000000399. The highest BCUT2D eigenvalue weighted by Crippen LogP contribution is 2.18. The molecule has 0 radical (unpaired) electrons. The molecule has 106 valence electrons. The minimum atomic E-state index is -1.83. The molecule has 0 spiro atoms. The first-order chi connectivity index (χ1) is 8.91. The molecule has 2 heterocycles. The molecule has 1 aromatic heterocycles. The molecular formula is C10H17N5O4. The van der Waals surface area contributed by atoms with Crippen molar-refractivity contribution in [1.29, 1.82) is 0 Å². The van der Waals surface area contributed by atoms with Crippen LogP contribution in [0.4, 0.5) is 22.4 Å². The maximum Gasteiger partial charge on any atom is 0.503 e. The van der Waals surface area contributed by atoms with Crippen molar-refractivity contribution in [3.05, 3.63) is 11.3 Å². The van der Waals surface area contributed by atoms with Crippen molar-refractivity contribution in [3.63, 3.8) is 0 Å². The molecule has 1 aliphatic rings. The fraction of sp³-hybridized carbons (Fsp3) is 0.500. The van der Waals surface area contributed by atoms with Gasteiger partial charge < -0.3 is 31.8 Å². The van der Waals surface area contributed by atoms with Crippen LogP contribution in [0.5, 0.6) is 0 Å². The third kappa shape index (κ3) is 4.37. The van der Waals surface area contributed by atoms with Crippen LogP contribution in [-0.2, 0) is 0 Å². The smallest absolute Gasteiger partial charge is 0.503 e. The standard InChI is InChI=1S/C9H15N5O.CH2O3/c10-7-6-8(12-9(11)14(7)15)13-4-2-1-3-5-13;2-1(3)4/h6H,1-5,10H2,(H2,11,12);(H2,2,3,4). The molecule has 0 aliphatic carbocycles. The summed E-state index contributed by atoms with van der Waals surface area (Å²) < 4.78 is 0.438. The van der Waals surface area contributed by atoms with Gasteiger partial charge in [-0.15, -0.1) is 0 Å². The molecule has 1 aromatic rings. The SMILES string of the molecule is Nc1cc(N2CCCCC2)nc(N)[n+]1[O-].O=C(O)O. The summed E-state index contributed by atoms with van der Waals surface area (Å²) in [6.07, 6.45) is 1.71. The first kappa shape index (κ1) is 14.6. The van der Waals surface area contributed by atoms with Gasteiger partial charge in [0, 0.05) is 13.1 Å². The second-order valence-electron chi connectivity index (χ2n) is 4.02. The van der Waals surface area contributed by atoms with Crippen LogP contribution in [0.2, 0.25) is 0 Å². The lowest BCUT2D eigenvalue weighted by molar-refractivity contribution is -0.576. The van der Waals surface area contributed by atoms with E-state index in [1.54, 1.807) is 6.07 Å². The van der Waals surface area contributed by atoms with E-state index in [9.17, 15) is 5.21 Å². The molecule has 1 aliphatic heterocycles. The Kier molecular flexibility index (Phi) is 4.98. The normalized spacial score (nSPS) is 14.4. The Bertz CT molecular complexity index is 421. The van der Waals surface area contributed by atoms with Gasteiger partial charge in [-0.1, -0.05) is 4.98 Å². The third-order valence-electron chi connectivity index (χ3n) is 2.63. The molecule has 1 saturated heterocycles. The number of carboxylic acid groups (broad SMARTS) is 2. The van der Waals surface area contributed by atoms with E-state index in [4.69, 9.17) is 26.5 Å². The van der Waals surface area contributed by atoms with Crippen LogP contribution in [0.15, 0.2) is 6.07 Å². The summed E-state index contributed by atoms with van der Waals surface area (Å²) in [5.41, 5.74) is 11.0. The van der Waals surface area contributed by atoms with Gasteiger partial charge >= 0.3 is 12.1 Å². The topological polar surface area (TPSA) is 153 Å². The van der Waals surface area contributed by atoms with Crippen LogP contribution >= 0.6 is 0 Å². The molecule has 6 N–H and O–H groups in total. The largest absolute Gasteiger partial charge is 0.754 e. The van der Waals surface area contributed by atoms with Crippen molar-refractivity contribution in [1.82, 2.24) is 4.98 Å². The van der Waals surface area contributed by atoms with Crippen molar-refractivity contribution >= 4 is 23.7 Å². The summed E-state index contributed by atoms with van der Waals surface area (Å²) in [6.45, 7) is 1.91. The van der Waals surface area contributed by atoms with Gasteiger partial charge in [0.15, 0.2) is 11.6 Å². The highest BCUT2D eigenvalue weighted by Gasteiger charge is 2.16. The minimum Gasteiger partial charge on any atom is -0.754 e. The molecule has 0 aromatic carbocycles. The second-order valence-corrected chi connectivity index (χ2v) is 4.02. The van der Waals surface area contributed by atoms with Crippen molar-refractivity contribution < 1.29 is 19.7 Å². The Morgan fingerprint density at radius 1 is 1.32 bits per heavy atom. The number of carbonyl (C=O) groups is 1. The number of nitrogens with zero attached hydrogens (tertiary/aromatic N) is 3. The molecule has 9 heteroatoms. The zero-order valence-electron chi connectivity index (χ0n) is 10.3. The van der Waals surface area contributed by atoms with Crippen LogP contribution in [0.1, 0.15) is 19.3 Å². The predicted molar refractivity (Wildman–Crippen MR) is 68.7 cm³/mol. The van der Waals surface area contributed by atoms with Crippen LogP contribution in [0.3, 0.4) is 0 Å². The highest BCUT2D eigenvalue weighted by molar-refractivity contribution is 5.53. The molecule has 0 amide bonds. The number of nitrogen functional groups attached to an aromatic ring is 2. The number of aromatic nitrogens is 2. The second kappa shape index (κ2) is 6.47. The van der Waals surface area contributed by atoms with Gasteiger partial charge in [-0.25, -0.2) is 9.52 Å². The van der Waals surface area contributed by atoms with E-state index < -0.39 is 6.16 Å². The molecule has 2 rings (SSSR count). The zero-order valence-corrected chi connectivity index (χ0v) is 10.3. The summed E-state index contributed by atoms with van der Waals surface area (Å²) in [5, 5.41) is 25.1. The minimum absolute atomic E-state index is 0.0874. The van der Waals surface area contributed by atoms with Gasteiger partial charge in [0.2, 0.25) is 0 Å². The zero-order chi connectivity index (χ0) is 14.4.